The lowest BCUT2D eigenvalue weighted by Crippen LogP contribution is -2.29. The highest BCUT2D eigenvalue weighted by Gasteiger charge is 2.29. The zero-order chi connectivity index (χ0) is 23.2. The van der Waals surface area contributed by atoms with E-state index >= 15 is 0 Å². The van der Waals surface area contributed by atoms with Gasteiger partial charge in [-0.1, -0.05) is 24.3 Å². The number of hydrogen-bond acceptors (Lipinski definition) is 4. The van der Waals surface area contributed by atoms with Gasteiger partial charge in [0, 0.05) is 32.1 Å². The van der Waals surface area contributed by atoms with Crippen molar-refractivity contribution in [2.24, 2.45) is 0 Å². The van der Waals surface area contributed by atoms with Gasteiger partial charge in [0.25, 0.3) is 0 Å². The Labute approximate surface area is 179 Å². The summed E-state index contributed by atoms with van der Waals surface area (Å²) in [5, 5.41) is 2.60. The molecule has 0 saturated heterocycles. The Morgan fingerprint density at radius 3 is 2.10 bits per heavy atom. The summed E-state index contributed by atoms with van der Waals surface area (Å²) < 4.78 is 63.9. The fraction of sp³-hybridized carbons (Fsp3) is 0.333. The minimum Gasteiger partial charge on any atom is -0.352 e. The largest absolute Gasteiger partial charge is 0.416 e. The van der Waals surface area contributed by atoms with Gasteiger partial charge >= 0.3 is 6.18 Å². The molecule has 0 fully saturated rings. The summed E-state index contributed by atoms with van der Waals surface area (Å²) in [7, 11) is -2.36. The molecule has 2 rings (SSSR count). The van der Waals surface area contributed by atoms with Gasteiger partial charge in [-0.3, -0.25) is 9.59 Å². The second-order valence-corrected chi connectivity index (χ2v) is 9.03. The number of Topliss-reactive ketones (excluding diaryl/α,β-unsaturated/α-hetero) is 1. The van der Waals surface area contributed by atoms with Crippen molar-refractivity contribution in [2.75, 3.05) is 13.6 Å². The maximum absolute atomic E-state index is 12.6. The number of benzene rings is 2. The van der Waals surface area contributed by atoms with E-state index in [0.717, 1.165) is 16.4 Å². The minimum absolute atomic E-state index is 0.0479. The number of alkyl halides is 3. The molecule has 168 valence electrons. The van der Waals surface area contributed by atoms with Crippen LogP contribution in [-0.2, 0) is 27.5 Å². The van der Waals surface area contributed by atoms with Crippen molar-refractivity contribution in [3.8, 4) is 0 Å². The van der Waals surface area contributed by atoms with Crippen LogP contribution in [0.1, 0.15) is 41.3 Å². The highest BCUT2D eigenvalue weighted by atomic mass is 32.2. The van der Waals surface area contributed by atoms with Crippen LogP contribution in [-0.4, -0.2) is 38.0 Å². The lowest BCUT2D eigenvalue weighted by Gasteiger charge is -2.17. The van der Waals surface area contributed by atoms with Gasteiger partial charge in [0.05, 0.1) is 10.5 Å². The molecule has 0 aromatic heterocycles. The van der Waals surface area contributed by atoms with Crippen LogP contribution in [0.3, 0.4) is 0 Å². The predicted molar refractivity (Wildman–Crippen MR) is 109 cm³/mol. The quantitative estimate of drug-likeness (QED) is 0.584. The van der Waals surface area contributed by atoms with E-state index in [4.69, 9.17) is 0 Å². The van der Waals surface area contributed by atoms with E-state index < -0.39 is 21.8 Å². The second-order valence-electron chi connectivity index (χ2n) is 6.98. The zero-order valence-corrected chi connectivity index (χ0v) is 17.9. The van der Waals surface area contributed by atoms with Gasteiger partial charge in [0.2, 0.25) is 15.9 Å². The summed E-state index contributed by atoms with van der Waals surface area (Å²) >= 11 is 0. The molecule has 0 aliphatic rings. The van der Waals surface area contributed by atoms with Gasteiger partial charge in [-0.2, -0.15) is 13.2 Å². The Hall–Kier alpha value is -2.72. The first-order valence-electron chi connectivity index (χ1n) is 9.41. The normalized spacial score (nSPS) is 12.1. The van der Waals surface area contributed by atoms with E-state index in [1.807, 2.05) is 0 Å². The summed E-state index contributed by atoms with van der Waals surface area (Å²) in [6.45, 7) is 1.57. The van der Waals surface area contributed by atoms with Gasteiger partial charge in [0.1, 0.15) is 0 Å². The van der Waals surface area contributed by atoms with Crippen molar-refractivity contribution in [1.82, 2.24) is 9.62 Å². The molecule has 0 bridgehead atoms. The smallest absolute Gasteiger partial charge is 0.352 e. The molecule has 0 aliphatic heterocycles. The molecule has 1 amide bonds. The van der Waals surface area contributed by atoms with Crippen LogP contribution >= 0.6 is 0 Å². The fourth-order valence-corrected chi connectivity index (χ4v) is 3.93. The molecule has 0 saturated carbocycles. The van der Waals surface area contributed by atoms with Crippen LogP contribution < -0.4 is 5.32 Å². The van der Waals surface area contributed by atoms with Crippen molar-refractivity contribution in [3.63, 3.8) is 0 Å². The Morgan fingerprint density at radius 1 is 1.00 bits per heavy atom. The third-order valence-corrected chi connectivity index (χ3v) is 6.49. The standard InChI is InChI=1S/C21H23F3N2O4S/c1-15(27)17-7-11-19(12-8-17)31(29,30)26(2)13-3-4-20(28)25-14-16-5-9-18(10-6-16)21(22,23)24/h5-12H,3-4,13-14H2,1-2H3,(H,25,28). The number of halogens is 3. The summed E-state index contributed by atoms with van der Waals surface area (Å²) in [4.78, 5) is 23.3. The number of amides is 1. The van der Waals surface area contributed by atoms with Crippen LogP contribution in [0.25, 0.3) is 0 Å². The number of carbonyl (C=O) groups is 2. The minimum atomic E-state index is -4.41. The van der Waals surface area contributed by atoms with Crippen molar-refractivity contribution in [2.45, 2.75) is 37.4 Å². The molecule has 0 heterocycles. The van der Waals surface area contributed by atoms with E-state index in [1.165, 1.54) is 50.4 Å². The van der Waals surface area contributed by atoms with Gasteiger partial charge < -0.3 is 5.32 Å². The van der Waals surface area contributed by atoms with Crippen molar-refractivity contribution in [1.29, 1.82) is 0 Å². The molecule has 0 radical (unpaired) electrons. The third-order valence-electron chi connectivity index (χ3n) is 4.62. The molecule has 2 aromatic carbocycles. The molecular weight excluding hydrogens is 433 g/mol. The van der Waals surface area contributed by atoms with Crippen LogP contribution in [0, 0.1) is 0 Å². The van der Waals surface area contributed by atoms with Crippen LogP contribution in [0.15, 0.2) is 53.4 Å². The highest BCUT2D eigenvalue weighted by molar-refractivity contribution is 7.89. The van der Waals surface area contributed by atoms with Gasteiger partial charge in [-0.15, -0.1) is 0 Å². The van der Waals surface area contributed by atoms with E-state index in [9.17, 15) is 31.2 Å². The Morgan fingerprint density at radius 2 is 1.58 bits per heavy atom. The SMILES string of the molecule is CC(=O)c1ccc(S(=O)(=O)N(C)CCCC(=O)NCc2ccc(C(F)(F)F)cc2)cc1. The Kier molecular flexibility index (Phi) is 7.96. The monoisotopic (exact) mass is 456 g/mol. The van der Waals surface area contributed by atoms with E-state index in [1.54, 1.807) is 0 Å². The summed E-state index contributed by atoms with van der Waals surface area (Å²) in [5.74, 6) is -0.504. The van der Waals surface area contributed by atoms with E-state index in [2.05, 4.69) is 5.32 Å². The molecular formula is C21H23F3N2O4S. The lowest BCUT2D eigenvalue weighted by atomic mass is 10.1. The highest BCUT2D eigenvalue weighted by Crippen LogP contribution is 2.29. The number of carbonyl (C=O) groups excluding carboxylic acids is 2. The third kappa shape index (κ3) is 6.90. The Bertz CT molecular complexity index is 1020. The van der Waals surface area contributed by atoms with Gasteiger partial charge in [0.15, 0.2) is 5.78 Å². The van der Waals surface area contributed by atoms with Gasteiger partial charge in [-0.05, 0) is 43.2 Å². The summed E-state index contributed by atoms with van der Waals surface area (Å²) in [6.07, 6.45) is -4.09. The number of sulfonamides is 1. The number of hydrogen-bond donors (Lipinski definition) is 1. The first-order chi connectivity index (χ1) is 14.4. The molecule has 0 aliphatic carbocycles. The first kappa shape index (κ1) is 24.5. The number of rotatable bonds is 9. The molecule has 31 heavy (non-hydrogen) atoms. The van der Waals surface area contributed by atoms with E-state index in [-0.39, 0.29) is 42.5 Å². The fourth-order valence-electron chi connectivity index (χ4n) is 2.72. The molecule has 0 unspecified atom stereocenters. The molecule has 2 aromatic rings. The molecule has 1 N–H and O–H groups in total. The topological polar surface area (TPSA) is 83.6 Å². The number of ketones is 1. The maximum atomic E-state index is 12.6. The average Bonchev–Trinajstić information content (AvgIpc) is 2.71. The average molecular weight is 456 g/mol. The predicted octanol–water partition coefficient (Wildman–Crippen LogP) is 3.63. The van der Waals surface area contributed by atoms with Crippen molar-refractivity contribution < 1.29 is 31.2 Å². The first-order valence-corrected chi connectivity index (χ1v) is 10.9. The molecule has 0 spiro atoms. The second kappa shape index (κ2) is 10.1. The summed E-state index contributed by atoms with van der Waals surface area (Å²) in [5.41, 5.74) is 0.170. The van der Waals surface area contributed by atoms with Crippen LogP contribution in [0.5, 0.6) is 0 Å². The lowest BCUT2D eigenvalue weighted by molar-refractivity contribution is -0.137. The number of nitrogens with zero attached hydrogens (tertiary/aromatic N) is 1. The van der Waals surface area contributed by atoms with E-state index in [0.29, 0.717) is 11.1 Å². The van der Waals surface area contributed by atoms with Gasteiger partial charge in [-0.25, -0.2) is 12.7 Å². The molecule has 0 atom stereocenters. The Balaban J connectivity index is 1.81. The zero-order valence-electron chi connectivity index (χ0n) is 17.1. The van der Waals surface area contributed by atoms with Crippen LogP contribution in [0.2, 0.25) is 0 Å². The van der Waals surface area contributed by atoms with Crippen LogP contribution in [0.4, 0.5) is 13.2 Å². The molecule has 10 heteroatoms. The molecule has 6 nitrogen and oxygen atoms in total. The maximum Gasteiger partial charge on any atom is 0.416 e. The van der Waals surface area contributed by atoms with Crippen molar-refractivity contribution >= 4 is 21.7 Å². The van der Waals surface area contributed by atoms with Crippen molar-refractivity contribution in [3.05, 3.63) is 65.2 Å². The summed E-state index contributed by atoms with van der Waals surface area (Å²) in [6, 6.07) is 10.1. The number of nitrogens with one attached hydrogen (secondary N) is 1.